The standard InChI is InChI=1S/C20H14N2O4S.Ca.2H/c23-18-12-10-13-5-1-3-7-15(13)19(18)22-21-17-11-9-14-6-2-4-8-16(14)20(17)27(24,25)26;;;/h1-12,23H,(H,24,25,26);;;. The van der Waals surface area contributed by atoms with Crippen molar-refractivity contribution in [1.82, 2.24) is 0 Å². The van der Waals surface area contributed by atoms with Gasteiger partial charge >= 0.3 is 37.7 Å². The van der Waals surface area contributed by atoms with Crippen LogP contribution < -0.4 is 0 Å². The average molecular weight is 421 g/mol. The van der Waals surface area contributed by atoms with Gasteiger partial charge in [-0.1, -0.05) is 60.7 Å². The van der Waals surface area contributed by atoms with E-state index in [-0.39, 0.29) is 59.8 Å². The summed E-state index contributed by atoms with van der Waals surface area (Å²) in [5, 5.41) is 20.8. The Morgan fingerprint density at radius 3 is 1.96 bits per heavy atom. The molecule has 0 aliphatic rings. The topological polar surface area (TPSA) is 99.3 Å². The monoisotopic (exact) mass is 420 g/mol. The normalized spacial score (nSPS) is 11.8. The molecule has 4 aromatic carbocycles. The summed E-state index contributed by atoms with van der Waals surface area (Å²) in [6.07, 6.45) is 0. The third kappa shape index (κ3) is 3.90. The Morgan fingerprint density at radius 2 is 1.29 bits per heavy atom. The van der Waals surface area contributed by atoms with E-state index in [0.717, 1.165) is 5.39 Å². The first kappa shape index (κ1) is 20.7. The van der Waals surface area contributed by atoms with Crippen molar-refractivity contribution in [2.24, 2.45) is 10.2 Å². The van der Waals surface area contributed by atoms with Crippen molar-refractivity contribution in [3.8, 4) is 5.75 Å². The van der Waals surface area contributed by atoms with Crippen LogP contribution in [0.25, 0.3) is 21.5 Å². The Hall–Kier alpha value is -2.03. The number of aromatic hydroxyl groups is 1. The van der Waals surface area contributed by atoms with Crippen LogP contribution >= 0.6 is 0 Å². The van der Waals surface area contributed by atoms with Crippen LogP contribution in [0.15, 0.2) is 87.9 Å². The van der Waals surface area contributed by atoms with E-state index < -0.39 is 10.1 Å². The average Bonchev–Trinajstić information content (AvgIpc) is 2.66. The van der Waals surface area contributed by atoms with E-state index in [1.54, 1.807) is 48.5 Å². The van der Waals surface area contributed by atoms with E-state index in [9.17, 15) is 18.1 Å². The molecular weight excluding hydrogens is 404 g/mol. The van der Waals surface area contributed by atoms with Gasteiger partial charge in [0.05, 0.1) is 0 Å². The van der Waals surface area contributed by atoms with Gasteiger partial charge in [-0.25, -0.2) is 0 Å². The van der Waals surface area contributed by atoms with Gasteiger partial charge in [0.25, 0.3) is 10.1 Å². The van der Waals surface area contributed by atoms with E-state index in [0.29, 0.717) is 16.2 Å². The van der Waals surface area contributed by atoms with Crippen molar-refractivity contribution in [1.29, 1.82) is 0 Å². The van der Waals surface area contributed by atoms with Crippen molar-refractivity contribution >= 4 is 80.8 Å². The molecule has 0 aliphatic carbocycles. The van der Waals surface area contributed by atoms with Crippen molar-refractivity contribution < 1.29 is 18.1 Å². The molecule has 0 spiro atoms. The Kier molecular flexibility index (Phi) is 6.02. The molecule has 6 nitrogen and oxygen atoms in total. The quantitative estimate of drug-likeness (QED) is 0.291. The molecular formula is C20H16CaN2O4S. The Bertz CT molecular complexity index is 1320. The van der Waals surface area contributed by atoms with E-state index in [1.165, 1.54) is 12.1 Å². The molecule has 0 fully saturated rings. The maximum atomic E-state index is 12.0. The zero-order valence-electron chi connectivity index (χ0n) is 13.9. The predicted molar refractivity (Wildman–Crippen MR) is 112 cm³/mol. The zero-order valence-corrected chi connectivity index (χ0v) is 14.8. The van der Waals surface area contributed by atoms with Crippen molar-refractivity contribution in [2.75, 3.05) is 0 Å². The zero-order chi connectivity index (χ0) is 19.0. The molecule has 28 heavy (non-hydrogen) atoms. The second-order valence-corrected chi connectivity index (χ2v) is 7.32. The van der Waals surface area contributed by atoms with Gasteiger partial charge in [0.2, 0.25) is 0 Å². The van der Waals surface area contributed by atoms with Gasteiger partial charge in [-0.2, -0.15) is 8.42 Å². The Balaban J connectivity index is 0.00000225. The first-order chi connectivity index (χ1) is 12.9. The van der Waals surface area contributed by atoms with Crippen LogP contribution in [0.3, 0.4) is 0 Å². The first-order valence-corrected chi connectivity index (χ1v) is 9.51. The van der Waals surface area contributed by atoms with E-state index >= 15 is 0 Å². The summed E-state index contributed by atoms with van der Waals surface area (Å²) in [6, 6.07) is 20.5. The molecule has 0 bridgehead atoms. The number of hydrogen-bond acceptors (Lipinski definition) is 5. The third-order valence-corrected chi connectivity index (χ3v) is 5.20. The van der Waals surface area contributed by atoms with Crippen molar-refractivity contribution in [3.63, 3.8) is 0 Å². The molecule has 0 aliphatic heterocycles. The minimum absolute atomic E-state index is 0. The fourth-order valence-electron chi connectivity index (χ4n) is 3.03. The van der Waals surface area contributed by atoms with Crippen LogP contribution in [0.4, 0.5) is 11.4 Å². The number of fused-ring (bicyclic) bond motifs is 2. The molecule has 4 rings (SSSR count). The number of rotatable bonds is 3. The van der Waals surface area contributed by atoms with Crippen LogP contribution in [-0.2, 0) is 10.1 Å². The van der Waals surface area contributed by atoms with E-state index in [2.05, 4.69) is 10.2 Å². The summed E-state index contributed by atoms with van der Waals surface area (Å²) in [5.41, 5.74) is 0.214. The molecule has 4 aromatic rings. The van der Waals surface area contributed by atoms with Crippen LogP contribution in [-0.4, -0.2) is 55.8 Å². The number of phenolic OH excluding ortho intramolecular Hbond substituents is 1. The summed E-state index contributed by atoms with van der Waals surface area (Å²) in [4.78, 5) is -0.316. The molecule has 2 N–H and O–H groups in total. The summed E-state index contributed by atoms with van der Waals surface area (Å²) in [7, 11) is -4.53. The number of nitrogens with zero attached hydrogens (tertiary/aromatic N) is 2. The van der Waals surface area contributed by atoms with Crippen LogP contribution in [0, 0.1) is 0 Å². The fraction of sp³-hybridized carbons (Fsp3) is 0. The molecule has 0 atom stereocenters. The van der Waals surface area contributed by atoms with E-state index in [1.807, 2.05) is 12.1 Å². The molecule has 0 heterocycles. The SMILES string of the molecule is O=S(=O)(O)c1c(N=Nc2c(O)ccc3ccccc23)ccc2ccccc12.[CaH2]. The van der Waals surface area contributed by atoms with Gasteiger partial charge in [0.15, 0.2) is 0 Å². The predicted octanol–water partition coefficient (Wildman–Crippen LogP) is 4.44. The van der Waals surface area contributed by atoms with Gasteiger partial charge in [-0.15, -0.1) is 10.2 Å². The van der Waals surface area contributed by atoms with Crippen LogP contribution in [0.5, 0.6) is 5.75 Å². The minimum atomic E-state index is -4.53. The molecule has 0 unspecified atom stereocenters. The van der Waals surface area contributed by atoms with Crippen molar-refractivity contribution in [3.05, 3.63) is 72.8 Å². The van der Waals surface area contributed by atoms with Gasteiger partial charge in [0, 0.05) is 10.8 Å². The van der Waals surface area contributed by atoms with Gasteiger partial charge in [-0.05, 0) is 22.9 Å². The molecule has 8 heteroatoms. The fourth-order valence-corrected chi connectivity index (χ4v) is 3.87. The third-order valence-electron chi connectivity index (χ3n) is 4.25. The second kappa shape index (κ2) is 8.14. The molecule has 138 valence electrons. The second-order valence-electron chi connectivity index (χ2n) is 5.96. The van der Waals surface area contributed by atoms with Crippen LogP contribution in [0.2, 0.25) is 0 Å². The summed E-state index contributed by atoms with van der Waals surface area (Å²) in [6.45, 7) is 0. The van der Waals surface area contributed by atoms with Gasteiger partial charge < -0.3 is 5.11 Å². The summed E-state index contributed by atoms with van der Waals surface area (Å²) in [5.74, 6) is -0.0772. The van der Waals surface area contributed by atoms with Gasteiger partial charge in [0.1, 0.15) is 22.0 Å². The number of phenols is 1. The van der Waals surface area contributed by atoms with E-state index in [4.69, 9.17) is 0 Å². The van der Waals surface area contributed by atoms with Crippen molar-refractivity contribution in [2.45, 2.75) is 4.90 Å². The molecule has 0 saturated heterocycles. The Labute approximate surface area is 191 Å². The maximum absolute atomic E-state index is 12.0. The van der Waals surface area contributed by atoms with Crippen LogP contribution in [0.1, 0.15) is 0 Å². The first-order valence-electron chi connectivity index (χ1n) is 8.07. The number of benzene rings is 4. The Morgan fingerprint density at radius 1 is 0.714 bits per heavy atom. The molecule has 0 saturated carbocycles. The molecule has 0 aromatic heterocycles. The molecule has 0 amide bonds. The number of hydrogen-bond donors (Lipinski definition) is 2. The van der Waals surface area contributed by atoms with Gasteiger partial charge in [-0.3, -0.25) is 4.55 Å². The number of azo groups is 1. The summed E-state index contributed by atoms with van der Waals surface area (Å²) >= 11 is 0. The summed E-state index contributed by atoms with van der Waals surface area (Å²) < 4.78 is 33.6. The molecule has 0 radical (unpaired) electrons.